The predicted molar refractivity (Wildman–Crippen MR) is 81.8 cm³/mol. The largest absolute Gasteiger partial charge is 0.382 e. The van der Waals surface area contributed by atoms with Crippen molar-refractivity contribution in [1.82, 2.24) is 24.1 Å². The fourth-order valence-corrected chi connectivity index (χ4v) is 4.21. The van der Waals surface area contributed by atoms with E-state index in [0.717, 1.165) is 0 Å². The lowest BCUT2D eigenvalue weighted by molar-refractivity contribution is -0.00466. The van der Waals surface area contributed by atoms with E-state index in [9.17, 15) is 8.42 Å². The first-order valence-electron chi connectivity index (χ1n) is 7.08. The topological polar surface area (TPSA) is 116 Å². The molecule has 1 aliphatic heterocycles. The zero-order valence-corrected chi connectivity index (χ0v) is 13.7. The van der Waals surface area contributed by atoms with E-state index in [4.69, 9.17) is 10.5 Å². The van der Waals surface area contributed by atoms with Crippen molar-refractivity contribution in [3.8, 4) is 0 Å². The van der Waals surface area contributed by atoms with Crippen LogP contribution in [0.5, 0.6) is 0 Å². The zero-order valence-electron chi connectivity index (χ0n) is 12.9. The Morgan fingerprint density at radius 3 is 2.74 bits per heavy atom. The normalized spacial score (nSPS) is 19.8. The van der Waals surface area contributed by atoms with Crippen LogP contribution in [0.15, 0.2) is 23.5 Å². The molecule has 0 amide bonds. The van der Waals surface area contributed by atoms with Crippen molar-refractivity contribution in [3.63, 3.8) is 0 Å². The van der Waals surface area contributed by atoms with Crippen LogP contribution in [0.2, 0.25) is 0 Å². The summed E-state index contributed by atoms with van der Waals surface area (Å²) in [5, 5.41) is 4.10. The summed E-state index contributed by atoms with van der Waals surface area (Å²) in [6.45, 7) is 2.34. The van der Waals surface area contributed by atoms with Gasteiger partial charge in [-0.25, -0.2) is 13.4 Å². The van der Waals surface area contributed by atoms with Gasteiger partial charge in [-0.05, 0) is 6.92 Å². The molecule has 10 heteroatoms. The van der Waals surface area contributed by atoms with Gasteiger partial charge >= 0.3 is 0 Å². The molecule has 0 radical (unpaired) electrons. The van der Waals surface area contributed by atoms with Crippen molar-refractivity contribution < 1.29 is 13.2 Å². The maximum atomic E-state index is 12.8. The van der Waals surface area contributed by atoms with E-state index in [2.05, 4.69) is 15.1 Å². The summed E-state index contributed by atoms with van der Waals surface area (Å²) in [5.41, 5.74) is 6.73. The number of aromatic nitrogens is 4. The molecule has 1 fully saturated rings. The number of nitrogen functional groups attached to an aromatic ring is 1. The maximum Gasteiger partial charge on any atom is 0.246 e. The number of aryl methyl sites for hydroxylation is 2. The Hall–Kier alpha value is -2.04. The number of nitrogens with two attached hydrogens (primary N) is 1. The first-order chi connectivity index (χ1) is 10.9. The van der Waals surface area contributed by atoms with Crippen LogP contribution < -0.4 is 5.73 Å². The SMILES string of the molecule is Cc1nn(C)cc1S(=O)(=O)N1CCOC(c2nccnc2N)C1. The molecule has 1 saturated heterocycles. The highest BCUT2D eigenvalue weighted by molar-refractivity contribution is 7.89. The smallest absolute Gasteiger partial charge is 0.246 e. The second-order valence-corrected chi connectivity index (χ2v) is 7.21. The molecular weight excluding hydrogens is 320 g/mol. The second-order valence-electron chi connectivity index (χ2n) is 5.30. The quantitative estimate of drug-likeness (QED) is 0.828. The Kier molecular flexibility index (Phi) is 4.04. The number of rotatable bonds is 3. The summed E-state index contributed by atoms with van der Waals surface area (Å²) < 4.78 is 34.2. The summed E-state index contributed by atoms with van der Waals surface area (Å²) >= 11 is 0. The van der Waals surface area contributed by atoms with Crippen molar-refractivity contribution in [2.24, 2.45) is 7.05 Å². The van der Waals surface area contributed by atoms with E-state index < -0.39 is 16.1 Å². The van der Waals surface area contributed by atoms with Gasteiger partial charge in [-0.15, -0.1) is 0 Å². The Bertz CT molecular complexity index is 819. The minimum atomic E-state index is -3.64. The second kappa shape index (κ2) is 5.87. The molecule has 1 unspecified atom stereocenters. The minimum absolute atomic E-state index is 0.138. The third-order valence-electron chi connectivity index (χ3n) is 3.68. The summed E-state index contributed by atoms with van der Waals surface area (Å²) in [6, 6.07) is 0. The van der Waals surface area contributed by atoms with Gasteiger partial charge in [0.1, 0.15) is 22.5 Å². The fourth-order valence-electron chi connectivity index (χ4n) is 2.59. The van der Waals surface area contributed by atoms with Crippen LogP contribution in [-0.2, 0) is 21.8 Å². The standard InChI is InChI=1S/C13H18N6O3S/c1-9-11(8-18(2)17-9)23(20,21)19-5-6-22-10(7-19)12-13(14)16-4-3-15-12/h3-4,8,10H,5-7H2,1-2H3,(H2,14,16). The highest BCUT2D eigenvalue weighted by atomic mass is 32.2. The minimum Gasteiger partial charge on any atom is -0.382 e. The molecule has 124 valence electrons. The van der Waals surface area contributed by atoms with Crippen LogP contribution in [0.1, 0.15) is 17.5 Å². The third-order valence-corrected chi connectivity index (χ3v) is 5.64. The van der Waals surface area contributed by atoms with Crippen molar-refractivity contribution in [2.75, 3.05) is 25.4 Å². The Morgan fingerprint density at radius 2 is 2.09 bits per heavy atom. The van der Waals surface area contributed by atoms with Gasteiger partial charge in [0, 0.05) is 38.7 Å². The zero-order chi connectivity index (χ0) is 16.6. The van der Waals surface area contributed by atoms with Gasteiger partial charge in [0.25, 0.3) is 0 Å². The summed E-state index contributed by atoms with van der Waals surface area (Å²) in [5.74, 6) is 0.245. The van der Waals surface area contributed by atoms with E-state index >= 15 is 0 Å². The molecule has 0 saturated carbocycles. The molecule has 9 nitrogen and oxygen atoms in total. The number of sulfonamides is 1. The van der Waals surface area contributed by atoms with Crippen molar-refractivity contribution in [3.05, 3.63) is 30.0 Å². The number of morpholine rings is 1. The molecular formula is C13H18N6O3S. The lowest BCUT2D eigenvalue weighted by Gasteiger charge is -2.31. The van der Waals surface area contributed by atoms with Gasteiger partial charge in [-0.3, -0.25) is 9.67 Å². The van der Waals surface area contributed by atoms with E-state index in [1.54, 1.807) is 14.0 Å². The molecule has 2 aromatic rings. The maximum absolute atomic E-state index is 12.8. The van der Waals surface area contributed by atoms with Crippen LogP contribution in [0.25, 0.3) is 0 Å². The summed E-state index contributed by atoms with van der Waals surface area (Å²) in [4.78, 5) is 8.34. The van der Waals surface area contributed by atoms with Crippen molar-refractivity contribution in [2.45, 2.75) is 17.9 Å². The van der Waals surface area contributed by atoms with Crippen LogP contribution in [0.4, 0.5) is 5.82 Å². The molecule has 0 aromatic carbocycles. The average Bonchev–Trinajstić information content (AvgIpc) is 2.87. The molecule has 2 N–H and O–H groups in total. The number of anilines is 1. The predicted octanol–water partition coefficient (Wildman–Crippen LogP) is -0.137. The summed E-state index contributed by atoms with van der Waals surface area (Å²) in [7, 11) is -1.96. The van der Waals surface area contributed by atoms with Crippen LogP contribution in [-0.4, -0.2) is 52.2 Å². The van der Waals surface area contributed by atoms with Gasteiger partial charge in [0.15, 0.2) is 0 Å². The van der Waals surface area contributed by atoms with E-state index in [1.807, 2.05) is 0 Å². The molecule has 3 rings (SSSR count). The lowest BCUT2D eigenvalue weighted by Crippen LogP contribution is -2.42. The van der Waals surface area contributed by atoms with Crippen LogP contribution >= 0.6 is 0 Å². The molecule has 3 heterocycles. The molecule has 0 aliphatic carbocycles. The molecule has 2 aromatic heterocycles. The first-order valence-corrected chi connectivity index (χ1v) is 8.52. The number of hydrogen-bond acceptors (Lipinski definition) is 7. The number of nitrogens with zero attached hydrogens (tertiary/aromatic N) is 5. The van der Waals surface area contributed by atoms with Crippen LogP contribution in [0, 0.1) is 6.92 Å². The molecule has 0 bridgehead atoms. The highest BCUT2D eigenvalue weighted by Gasteiger charge is 2.34. The fraction of sp³-hybridized carbons (Fsp3) is 0.462. The van der Waals surface area contributed by atoms with E-state index in [-0.39, 0.29) is 30.4 Å². The third kappa shape index (κ3) is 2.92. The Morgan fingerprint density at radius 1 is 1.35 bits per heavy atom. The highest BCUT2D eigenvalue weighted by Crippen LogP contribution is 2.28. The van der Waals surface area contributed by atoms with Gasteiger partial charge in [0.05, 0.1) is 12.3 Å². The van der Waals surface area contributed by atoms with Crippen molar-refractivity contribution >= 4 is 15.8 Å². The van der Waals surface area contributed by atoms with Gasteiger partial charge in [0.2, 0.25) is 10.0 Å². The Balaban J connectivity index is 1.89. The lowest BCUT2D eigenvalue weighted by atomic mass is 10.2. The van der Waals surface area contributed by atoms with E-state index in [0.29, 0.717) is 11.4 Å². The van der Waals surface area contributed by atoms with Gasteiger partial charge in [-0.1, -0.05) is 0 Å². The average molecular weight is 338 g/mol. The van der Waals surface area contributed by atoms with E-state index in [1.165, 1.54) is 27.6 Å². The summed E-state index contributed by atoms with van der Waals surface area (Å²) in [6.07, 6.45) is 3.96. The monoisotopic (exact) mass is 338 g/mol. The number of ether oxygens (including phenoxy) is 1. The van der Waals surface area contributed by atoms with Crippen molar-refractivity contribution in [1.29, 1.82) is 0 Å². The molecule has 1 atom stereocenters. The molecule has 23 heavy (non-hydrogen) atoms. The molecule has 0 spiro atoms. The first kappa shape index (κ1) is 15.8. The van der Waals surface area contributed by atoms with Gasteiger partial charge < -0.3 is 10.5 Å². The van der Waals surface area contributed by atoms with Gasteiger partial charge in [-0.2, -0.15) is 9.40 Å². The Labute approximate surface area is 134 Å². The molecule has 1 aliphatic rings. The van der Waals surface area contributed by atoms with Crippen LogP contribution in [0.3, 0.4) is 0 Å². The number of hydrogen-bond donors (Lipinski definition) is 1.